The summed E-state index contributed by atoms with van der Waals surface area (Å²) in [6, 6.07) is 6.95. The molecule has 1 aromatic heterocycles. The topological polar surface area (TPSA) is 71.3 Å². The van der Waals surface area contributed by atoms with Gasteiger partial charge in [0.25, 0.3) is 5.91 Å². The van der Waals surface area contributed by atoms with Crippen LogP contribution in [0.5, 0.6) is 0 Å². The van der Waals surface area contributed by atoms with Crippen LogP contribution >= 0.6 is 15.9 Å². The van der Waals surface area contributed by atoms with Crippen LogP contribution < -0.4 is 10.6 Å². The predicted octanol–water partition coefficient (Wildman–Crippen LogP) is 3.39. The van der Waals surface area contributed by atoms with Gasteiger partial charge in [-0.2, -0.15) is 0 Å². The number of anilines is 2. The Labute approximate surface area is 122 Å². The summed E-state index contributed by atoms with van der Waals surface area (Å²) in [5.74, 6) is -1.35. The molecule has 20 heavy (non-hydrogen) atoms. The molecule has 2 rings (SSSR count). The van der Waals surface area contributed by atoms with Gasteiger partial charge in [-0.15, -0.1) is 0 Å². The van der Waals surface area contributed by atoms with E-state index in [0.717, 1.165) is 6.07 Å². The van der Waals surface area contributed by atoms with Gasteiger partial charge < -0.3 is 15.1 Å². The summed E-state index contributed by atoms with van der Waals surface area (Å²) in [7, 11) is 0. The number of carbonyl (C=O) groups excluding carboxylic acids is 2. The molecule has 0 aliphatic carbocycles. The van der Waals surface area contributed by atoms with E-state index in [2.05, 4.69) is 26.6 Å². The molecule has 0 atom stereocenters. The van der Waals surface area contributed by atoms with Gasteiger partial charge in [-0.3, -0.25) is 9.59 Å². The molecule has 1 heterocycles. The molecule has 2 amide bonds. The zero-order valence-electron chi connectivity index (χ0n) is 10.4. The Bertz CT molecular complexity index is 669. The summed E-state index contributed by atoms with van der Waals surface area (Å²) < 4.78 is 19.0. The van der Waals surface area contributed by atoms with Crippen molar-refractivity contribution in [1.29, 1.82) is 0 Å². The van der Waals surface area contributed by atoms with Gasteiger partial charge >= 0.3 is 0 Å². The number of furan rings is 1. The lowest BCUT2D eigenvalue weighted by molar-refractivity contribution is -0.114. The normalized spacial score (nSPS) is 10.2. The molecule has 0 aliphatic heterocycles. The quantitative estimate of drug-likeness (QED) is 0.899. The maximum atomic E-state index is 13.4. The predicted molar refractivity (Wildman–Crippen MR) is 75.1 cm³/mol. The Kier molecular flexibility index (Phi) is 4.19. The molecule has 0 saturated heterocycles. The van der Waals surface area contributed by atoms with Crippen LogP contribution in [-0.2, 0) is 4.79 Å². The molecule has 0 spiro atoms. The third-order valence-corrected chi connectivity index (χ3v) is 2.76. The Morgan fingerprint density at radius 3 is 2.55 bits per heavy atom. The first kappa shape index (κ1) is 14.3. The monoisotopic (exact) mass is 340 g/mol. The van der Waals surface area contributed by atoms with Gasteiger partial charge in [0.2, 0.25) is 5.91 Å². The first-order valence-corrected chi connectivity index (χ1v) is 6.39. The summed E-state index contributed by atoms with van der Waals surface area (Å²) in [6.07, 6.45) is 0. The first-order chi connectivity index (χ1) is 9.45. The summed E-state index contributed by atoms with van der Waals surface area (Å²) in [5, 5.41) is 4.88. The highest BCUT2D eigenvalue weighted by atomic mass is 79.9. The van der Waals surface area contributed by atoms with Crippen LogP contribution in [0.2, 0.25) is 0 Å². The van der Waals surface area contributed by atoms with Crippen molar-refractivity contribution < 1.29 is 18.4 Å². The van der Waals surface area contributed by atoms with Crippen molar-refractivity contribution >= 4 is 39.1 Å². The van der Waals surface area contributed by atoms with Gasteiger partial charge in [0.15, 0.2) is 10.4 Å². The molecule has 5 nitrogen and oxygen atoms in total. The average molecular weight is 341 g/mol. The number of amides is 2. The second-order valence-corrected chi connectivity index (χ2v) is 4.72. The fourth-order valence-electron chi connectivity index (χ4n) is 1.52. The standard InChI is InChI=1S/C13H10BrFN2O3/c1-7(18)16-10-6-8(2-3-9(10)15)17-13(19)11-4-5-12(14)20-11/h2-6H,1H3,(H,16,18)(H,17,19). The number of hydrogen-bond acceptors (Lipinski definition) is 3. The van der Waals surface area contributed by atoms with Crippen LogP contribution in [0.4, 0.5) is 15.8 Å². The molecule has 104 valence electrons. The lowest BCUT2D eigenvalue weighted by Crippen LogP contribution is -2.12. The van der Waals surface area contributed by atoms with E-state index in [1.54, 1.807) is 6.07 Å². The molecule has 2 aromatic rings. The molecule has 0 radical (unpaired) electrons. The lowest BCUT2D eigenvalue weighted by Gasteiger charge is -2.08. The minimum atomic E-state index is -0.584. The van der Waals surface area contributed by atoms with Gasteiger partial charge in [-0.05, 0) is 46.3 Å². The van der Waals surface area contributed by atoms with E-state index in [-0.39, 0.29) is 11.4 Å². The first-order valence-electron chi connectivity index (χ1n) is 5.59. The minimum Gasteiger partial charge on any atom is -0.444 e. The maximum Gasteiger partial charge on any atom is 0.291 e. The van der Waals surface area contributed by atoms with Crippen LogP contribution in [0.15, 0.2) is 39.4 Å². The van der Waals surface area contributed by atoms with Crippen molar-refractivity contribution in [2.24, 2.45) is 0 Å². The van der Waals surface area contributed by atoms with E-state index in [4.69, 9.17) is 4.42 Å². The van der Waals surface area contributed by atoms with Crippen LogP contribution in [-0.4, -0.2) is 11.8 Å². The van der Waals surface area contributed by atoms with Crippen LogP contribution in [0.1, 0.15) is 17.5 Å². The molecule has 0 fully saturated rings. The van der Waals surface area contributed by atoms with Gasteiger partial charge in [0.1, 0.15) is 5.82 Å². The SMILES string of the molecule is CC(=O)Nc1cc(NC(=O)c2ccc(Br)o2)ccc1F. The summed E-state index contributed by atoms with van der Waals surface area (Å²) in [6.45, 7) is 1.27. The molecule has 1 aromatic carbocycles. The van der Waals surface area contributed by atoms with Crippen molar-refractivity contribution in [3.63, 3.8) is 0 Å². The Morgan fingerprint density at radius 2 is 1.95 bits per heavy atom. The fraction of sp³-hybridized carbons (Fsp3) is 0.0769. The van der Waals surface area contributed by atoms with E-state index in [1.165, 1.54) is 25.1 Å². The number of benzene rings is 1. The smallest absolute Gasteiger partial charge is 0.291 e. The van der Waals surface area contributed by atoms with Gasteiger partial charge in [-0.1, -0.05) is 0 Å². The van der Waals surface area contributed by atoms with Crippen molar-refractivity contribution in [2.75, 3.05) is 10.6 Å². The van der Waals surface area contributed by atoms with E-state index in [1.807, 2.05) is 0 Å². The van der Waals surface area contributed by atoms with Gasteiger partial charge in [-0.25, -0.2) is 4.39 Å². The number of halogens is 2. The van der Waals surface area contributed by atoms with Gasteiger partial charge in [0.05, 0.1) is 5.69 Å². The number of carbonyl (C=O) groups is 2. The summed E-state index contributed by atoms with van der Waals surface area (Å²) in [4.78, 5) is 22.8. The van der Waals surface area contributed by atoms with Crippen molar-refractivity contribution in [1.82, 2.24) is 0 Å². The highest BCUT2D eigenvalue weighted by molar-refractivity contribution is 9.10. The van der Waals surface area contributed by atoms with E-state index in [9.17, 15) is 14.0 Å². The lowest BCUT2D eigenvalue weighted by atomic mass is 10.2. The zero-order chi connectivity index (χ0) is 14.7. The average Bonchev–Trinajstić information content (AvgIpc) is 2.79. The molecule has 0 unspecified atom stereocenters. The van der Waals surface area contributed by atoms with E-state index < -0.39 is 17.6 Å². The number of rotatable bonds is 3. The summed E-state index contributed by atoms with van der Waals surface area (Å²) in [5.41, 5.74) is 0.337. The molecule has 0 bridgehead atoms. The molecule has 0 aliphatic rings. The molecule has 2 N–H and O–H groups in total. The molecule has 7 heteroatoms. The van der Waals surface area contributed by atoms with Crippen molar-refractivity contribution in [3.8, 4) is 0 Å². The highest BCUT2D eigenvalue weighted by Gasteiger charge is 2.12. The van der Waals surface area contributed by atoms with E-state index >= 15 is 0 Å². The van der Waals surface area contributed by atoms with Crippen LogP contribution in [0.25, 0.3) is 0 Å². The minimum absolute atomic E-state index is 0.00377. The third-order valence-electron chi connectivity index (χ3n) is 2.33. The Morgan fingerprint density at radius 1 is 1.20 bits per heavy atom. The zero-order valence-corrected chi connectivity index (χ0v) is 12.0. The molecular formula is C13H10BrFN2O3. The number of nitrogens with one attached hydrogen (secondary N) is 2. The van der Waals surface area contributed by atoms with Crippen molar-refractivity contribution in [2.45, 2.75) is 6.92 Å². The second kappa shape index (κ2) is 5.87. The Hall–Kier alpha value is -2.15. The largest absolute Gasteiger partial charge is 0.444 e. The third kappa shape index (κ3) is 3.45. The molecular weight excluding hydrogens is 331 g/mol. The van der Waals surface area contributed by atoms with Crippen molar-refractivity contribution in [3.05, 3.63) is 46.6 Å². The van der Waals surface area contributed by atoms with Crippen LogP contribution in [0.3, 0.4) is 0 Å². The van der Waals surface area contributed by atoms with E-state index in [0.29, 0.717) is 10.4 Å². The maximum absolute atomic E-state index is 13.4. The highest BCUT2D eigenvalue weighted by Crippen LogP contribution is 2.21. The number of hydrogen-bond donors (Lipinski definition) is 2. The summed E-state index contributed by atoms with van der Waals surface area (Å²) >= 11 is 3.09. The fourth-order valence-corrected chi connectivity index (χ4v) is 1.82. The molecule has 0 saturated carbocycles. The van der Waals surface area contributed by atoms with Crippen LogP contribution in [0, 0.1) is 5.82 Å². The van der Waals surface area contributed by atoms with Gasteiger partial charge in [0, 0.05) is 12.6 Å². The Balaban J connectivity index is 2.17. The second-order valence-electron chi connectivity index (χ2n) is 3.93.